The first-order chi connectivity index (χ1) is 8.11. The van der Waals surface area contributed by atoms with Crippen LogP contribution in [0.2, 0.25) is 0 Å². The maximum absolute atomic E-state index is 11.7. The molecule has 0 spiro atoms. The van der Waals surface area contributed by atoms with Crippen LogP contribution >= 0.6 is 0 Å². The topological polar surface area (TPSA) is 45.0 Å². The van der Waals surface area contributed by atoms with Crippen LogP contribution in [-0.2, 0) is 4.79 Å². The van der Waals surface area contributed by atoms with Gasteiger partial charge < -0.3 is 4.90 Å². The fourth-order valence-corrected chi connectivity index (χ4v) is 1.66. The minimum absolute atomic E-state index is 0.233. The number of nitrogens with zero attached hydrogens (tertiary/aromatic N) is 3. The molecule has 0 bridgehead atoms. The maximum atomic E-state index is 11.7. The number of hydrogen-bond donors (Lipinski definition) is 0. The number of azo groups is 1. The molecule has 1 aliphatic rings. The number of likely N-dealkylation sites (N-methyl/N-ethyl adjacent to an activating group) is 1. The van der Waals surface area contributed by atoms with Crippen molar-refractivity contribution < 1.29 is 4.79 Å². The van der Waals surface area contributed by atoms with E-state index in [0.29, 0.717) is 11.4 Å². The third-order valence-electron chi connectivity index (χ3n) is 2.84. The van der Waals surface area contributed by atoms with Gasteiger partial charge in [0.2, 0.25) is 0 Å². The second-order valence-corrected chi connectivity index (χ2v) is 4.27. The van der Waals surface area contributed by atoms with Gasteiger partial charge in [-0.25, -0.2) is 0 Å². The van der Waals surface area contributed by atoms with Gasteiger partial charge in [0.25, 0.3) is 0 Å². The van der Waals surface area contributed by atoms with Gasteiger partial charge in [0.1, 0.15) is 11.4 Å². The highest BCUT2D eigenvalue weighted by Crippen LogP contribution is 2.29. The monoisotopic (exact) mass is 229 g/mol. The molecule has 0 N–H and O–H groups in total. The van der Waals surface area contributed by atoms with E-state index in [2.05, 4.69) is 10.2 Å². The fraction of sp³-hybridized carbons (Fsp3) is 0.308. The number of hydrogen-bond acceptors (Lipinski definition) is 3. The second-order valence-electron chi connectivity index (χ2n) is 4.27. The standard InChI is InChI=1S/C13H15N3O/c1-9(2)16(3)12-11(14-15-13(12)17)10-7-5-4-6-8-10/h4-9H,1-3H3. The molecular formula is C13H15N3O. The molecule has 0 saturated heterocycles. The van der Waals surface area contributed by atoms with Crippen molar-refractivity contribution in [3.63, 3.8) is 0 Å². The lowest BCUT2D eigenvalue weighted by molar-refractivity contribution is -0.115. The van der Waals surface area contributed by atoms with Crippen molar-refractivity contribution in [2.24, 2.45) is 10.2 Å². The molecule has 0 aromatic heterocycles. The summed E-state index contributed by atoms with van der Waals surface area (Å²) in [6, 6.07) is 9.88. The molecule has 0 unspecified atom stereocenters. The Morgan fingerprint density at radius 2 is 1.76 bits per heavy atom. The maximum Gasteiger partial charge on any atom is 0.313 e. The molecule has 4 nitrogen and oxygen atoms in total. The second kappa shape index (κ2) is 4.49. The van der Waals surface area contributed by atoms with E-state index < -0.39 is 0 Å². The minimum Gasteiger partial charge on any atom is -0.366 e. The first kappa shape index (κ1) is 11.5. The highest BCUT2D eigenvalue weighted by molar-refractivity contribution is 6.03. The molecule has 1 aromatic rings. The molecule has 0 atom stereocenters. The zero-order valence-corrected chi connectivity index (χ0v) is 10.2. The summed E-state index contributed by atoms with van der Waals surface area (Å²) in [5.41, 5.74) is 2.16. The van der Waals surface area contributed by atoms with Crippen LogP contribution in [0.15, 0.2) is 46.3 Å². The van der Waals surface area contributed by atoms with Crippen LogP contribution in [0.1, 0.15) is 19.4 Å². The van der Waals surface area contributed by atoms with E-state index in [0.717, 1.165) is 5.56 Å². The van der Waals surface area contributed by atoms with Gasteiger partial charge in [-0.1, -0.05) is 30.3 Å². The van der Waals surface area contributed by atoms with Gasteiger partial charge in [0.15, 0.2) is 0 Å². The lowest BCUT2D eigenvalue weighted by Crippen LogP contribution is -2.28. The summed E-state index contributed by atoms with van der Waals surface area (Å²) in [6.07, 6.45) is 0. The Labute approximate surface area is 101 Å². The number of carbonyl (C=O) groups is 1. The van der Waals surface area contributed by atoms with Crippen LogP contribution in [0.5, 0.6) is 0 Å². The van der Waals surface area contributed by atoms with Crippen LogP contribution < -0.4 is 0 Å². The van der Waals surface area contributed by atoms with Crippen molar-refractivity contribution in [3.8, 4) is 0 Å². The lowest BCUT2D eigenvalue weighted by atomic mass is 10.1. The van der Waals surface area contributed by atoms with Crippen molar-refractivity contribution in [1.29, 1.82) is 0 Å². The predicted octanol–water partition coefficient (Wildman–Crippen LogP) is 2.69. The van der Waals surface area contributed by atoms with E-state index in [1.165, 1.54) is 0 Å². The molecule has 0 aliphatic carbocycles. The van der Waals surface area contributed by atoms with Gasteiger partial charge >= 0.3 is 5.91 Å². The third kappa shape index (κ3) is 2.11. The summed E-state index contributed by atoms with van der Waals surface area (Å²) in [6.45, 7) is 4.06. The number of amides is 1. The molecule has 1 aliphatic heterocycles. The normalized spacial score (nSPS) is 14.9. The molecule has 2 rings (SSSR count). The van der Waals surface area contributed by atoms with Crippen molar-refractivity contribution in [2.45, 2.75) is 19.9 Å². The average Bonchev–Trinajstić information content (AvgIpc) is 2.71. The van der Waals surface area contributed by atoms with Crippen LogP contribution in [0.4, 0.5) is 0 Å². The van der Waals surface area contributed by atoms with Crippen molar-refractivity contribution >= 4 is 11.6 Å². The van der Waals surface area contributed by atoms with Gasteiger partial charge in [-0.15, -0.1) is 10.2 Å². The summed E-state index contributed by atoms with van der Waals surface area (Å²) < 4.78 is 0. The van der Waals surface area contributed by atoms with Crippen molar-refractivity contribution in [1.82, 2.24) is 4.90 Å². The van der Waals surface area contributed by atoms with Gasteiger partial charge in [-0.2, -0.15) is 0 Å². The van der Waals surface area contributed by atoms with E-state index in [1.54, 1.807) is 0 Å². The predicted molar refractivity (Wildman–Crippen MR) is 66.1 cm³/mol. The van der Waals surface area contributed by atoms with Crippen molar-refractivity contribution in [3.05, 3.63) is 41.6 Å². The van der Waals surface area contributed by atoms with Crippen LogP contribution in [0, 0.1) is 0 Å². The van der Waals surface area contributed by atoms with Gasteiger partial charge in [-0.3, -0.25) is 4.79 Å². The molecule has 1 heterocycles. The van der Waals surface area contributed by atoms with Crippen LogP contribution in [-0.4, -0.2) is 23.9 Å². The Balaban J connectivity index is 2.48. The minimum atomic E-state index is -0.264. The molecule has 0 radical (unpaired) electrons. The fourth-order valence-electron chi connectivity index (χ4n) is 1.66. The van der Waals surface area contributed by atoms with Gasteiger partial charge in [-0.05, 0) is 13.8 Å². The molecule has 1 amide bonds. The van der Waals surface area contributed by atoms with Crippen molar-refractivity contribution in [2.75, 3.05) is 7.05 Å². The Morgan fingerprint density at radius 1 is 1.12 bits per heavy atom. The number of carbonyl (C=O) groups excluding carboxylic acids is 1. The van der Waals surface area contributed by atoms with E-state index in [4.69, 9.17) is 0 Å². The Bertz CT molecular complexity index is 489. The molecule has 4 heteroatoms. The van der Waals surface area contributed by atoms with E-state index in [9.17, 15) is 4.79 Å². The van der Waals surface area contributed by atoms with Crippen LogP contribution in [0.3, 0.4) is 0 Å². The number of benzene rings is 1. The summed E-state index contributed by atoms with van der Waals surface area (Å²) in [4.78, 5) is 13.7. The summed E-state index contributed by atoms with van der Waals surface area (Å²) in [7, 11) is 1.89. The quantitative estimate of drug-likeness (QED) is 0.799. The molecule has 0 saturated carbocycles. The average molecular weight is 229 g/mol. The first-order valence-corrected chi connectivity index (χ1v) is 5.60. The van der Waals surface area contributed by atoms with E-state index >= 15 is 0 Å². The van der Waals surface area contributed by atoms with E-state index in [1.807, 2.05) is 56.1 Å². The summed E-state index contributed by atoms with van der Waals surface area (Å²) in [5, 5.41) is 7.63. The van der Waals surface area contributed by atoms with Gasteiger partial charge in [0, 0.05) is 18.7 Å². The largest absolute Gasteiger partial charge is 0.366 e. The first-order valence-electron chi connectivity index (χ1n) is 5.60. The summed E-state index contributed by atoms with van der Waals surface area (Å²) >= 11 is 0. The Kier molecular flexibility index (Phi) is 3.04. The molecule has 1 aromatic carbocycles. The zero-order valence-electron chi connectivity index (χ0n) is 10.2. The summed E-state index contributed by atoms with van der Waals surface area (Å²) in [5.74, 6) is -0.264. The molecule has 0 fully saturated rings. The lowest BCUT2D eigenvalue weighted by Gasteiger charge is -2.23. The Hall–Kier alpha value is -1.97. The van der Waals surface area contributed by atoms with Gasteiger partial charge in [0.05, 0.1) is 0 Å². The SMILES string of the molecule is CC(C)N(C)C1=C(c2ccccc2)N=NC1=O. The molecule has 17 heavy (non-hydrogen) atoms. The highest BCUT2D eigenvalue weighted by atomic mass is 16.2. The smallest absolute Gasteiger partial charge is 0.313 e. The highest BCUT2D eigenvalue weighted by Gasteiger charge is 2.27. The van der Waals surface area contributed by atoms with Crippen LogP contribution in [0.25, 0.3) is 5.70 Å². The van der Waals surface area contributed by atoms with E-state index in [-0.39, 0.29) is 11.9 Å². The zero-order chi connectivity index (χ0) is 12.4. The Morgan fingerprint density at radius 3 is 2.35 bits per heavy atom. The molecule has 88 valence electrons. The number of rotatable bonds is 3. The third-order valence-corrected chi connectivity index (χ3v) is 2.84. The molecular weight excluding hydrogens is 214 g/mol.